The van der Waals surface area contributed by atoms with Gasteiger partial charge in [0.25, 0.3) is 0 Å². The lowest BCUT2D eigenvalue weighted by Gasteiger charge is -2.41. The van der Waals surface area contributed by atoms with Crippen molar-refractivity contribution in [3.63, 3.8) is 0 Å². The second-order valence-corrected chi connectivity index (χ2v) is 6.68. The number of nitrogens with zero attached hydrogens (tertiary/aromatic N) is 4. The SMILES string of the molecule is Cc1nnc(CN(C)[C@@H]2CCN(Cc3ccccc3)C[C@H]2C)o1. The Morgan fingerprint density at radius 3 is 2.70 bits per heavy atom. The summed E-state index contributed by atoms with van der Waals surface area (Å²) in [6.07, 6.45) is 1.18. The average Bonchev–Trinajstić information content (AvgIpc) is 2.93. The van der Waals surface area contributed by atoms with Gasteiger partial charge in [-0.15, -0.1) is 10.2 Å². The minimum Gasteiger partial charge on any atom is -0.424 e. The largest absolute Gasteiger partial charge is 0.424 e. The van der Waals surface area contributed by atoms with E-state index in [0.717, 1.165) is 26.2 Å². The van der Waals surface area contributed by atoms with Crippen molar-refractivity contribution in [1.82, 2.24) is 20.0 Å². The fourth-order valence-electron chi connectivity index (χ4n) is 3.59. The van der Waals surface area contributed by atoms with Gasteiger partial charge in [0.15, 0.2) is 0 Å². The van der Waals surface area contributed by atoms with Crippen molar-refractivity contribution in [2.75, 3.05) is 20.1 Å². The van der Waals surface area contributed by atoms with Crippen LogP contribution in [-0.4, -0.2) is 46.2 Å². The summed E-state index contributed by atoms with van der Waals surface area (Å²) in [4.78, 5) is 4.92. The van der Waals surface area contributed by atoms with Gasteiger partial charge in [-0.3, -0.25) is 9.80 Å². The van der Waals surface area contributed by atoms with Crippen LogP contribution in [0, 0.1) is 12.8 Å². The molecule has 1 aliphatic rings. The Hall–Kier alpha value is -1.72. The first-order chi connectivity index (χ1) is 11.1. The number of aromatic nitrogens is 2. The van der Waals surface area contributed by atoms with Gasteiger partial charge in [0.2, 0.25) is 11.8 Å². The highest BCUT2D eigenvalue weighted by Gasteiger charge is 2.29. The summed E-state index contributed by atoms with van der Waals surface area (Å²) in [5.41, 5.74) is 1.40. The molecule has 2 aromatic rings. The normalized spacial score (nSPS) is 22.6. The Kier molecular flexibility index (Phi) is 5.08. The van der Waals surface area contributed by atoms with E-state index in [2.05, 4.69) is 64.3 Å². The summed E-state index contributed by atoms with van der Waals surface area (Å²) in [6, 6.07) is 11.3. The zero-order valence-corrected chi connectivity index (χ0v) is 14.3. The molecule has 0 radical (unpaired) electrons. The van der Waals surface area contributed by atoms with Crippen molar-refractivity contribution < 1.29 is 4.42 Å². The molecule has 1 saturated heterocycles. The Labute approximate surface area is 138 Å². The van der Waals surface area contributed by atoms with Gasteiger partial charge >= 0.3 is 0 Å². The fraction of sp³-hybridized carbons (Fsp3) is 0.556. The smallest absolute Gasteiger partial charge is 0.230 e. The zero-order valence-electron chi connectivity index (χ0n) is 14.3. The molecular weight excluding hydrogens is 288 g/mol. The van der Waals surface area contributed by atoms with Crippen LogP contribution in [-0.2, 0) is 13.1 Å². The van der Waals surface area contributed by atoms with Crippen molar-refractivity contribution in [3.8, 4) is 0 Å². The van der Waals surface area contributed by atoms with Crippen LogP contribution < -0.4 is 0 Å². The third-order valence-corrected chi connectivity index (χ3v) is 4.71. The van der Waals surface area contributed by atoms with E-state index in [0.29, 0.717) is 23.7 Å². The molecule has 2 heterocycles. The lowest BCUT2D eigenvalue weighted by molar-refractivity contribution is 0.0672. The van der Waals surface area contributed by atoms with Crippen LogP contribution >= 0.6 is 0 Å². The summed E-state index contributed by atoms with van der Waals surface area (Å²) >= 11 is 0. The van der Waals surface area contributed by atoms with Crippen molar-refractivity contribution >= 4 is 0 Å². The molecule has 0 N–H and O–H groups in total. The van der Waals surface area contributed by atoms with Crippen LogP contribution in [0.3, 0.4) is 0 Å². The van der Waals surface area contributed by atoms with Gasteiger partial charge in [-0.2, -0.15) is 0 Å². The van der Waals surface area contributed by atoms with E-state index in [1.807, 2.05) is 6.92 Å². The van der Waals surface area contributed by atoms with Gasteiger partial charge in [-0.05, 0) is 31.5 Å². The molecule has 0 aliphatic carbocycles. The Morgan fingerprint density at radius 2 is 2.04 bits per heavy atom. The Balaban J connectivity index is 1.53. The van der Waals surface area contributed by atoms with Crippen LogP contribution in [0.15, 0.2) is 34.7 Å². The molecule has 0 spiro atoms. The standard InChI is InChI=1S/C18H26N4O/c1-14-11-22(12-16-7-5-4-6-8-16)10-9-17(14)21(3)13-18-20-19-15(2)23-18/h4-8,14,17H,9-13H2,1-3H3/t14-,17-/m1/s1. The molecule has 0 saturated carbocycles. The van der Waals surface area contributed by atoms with Crippen LogP contribution in [0.4, 0.5) is 0 Å². The number of benzene rings is 1. The van der Waals surface area contributed by atoms with E-state index in [9.17, 15) is 0 Å². The summed E-state index contributed by atoms with van der Waals surface area (Å²) in [5, 5.41) is 8.02. The molecule has 1 aliphatic heterocycles. The summed E-state index contributed by atoms with van der Waals surface area (Å²) in [5.74, 6) is 1.98. The molecular formula is C18H26N4O. The van der Waals surface area contributed by atoms with Crippen LogP contribution in [0.5, 0.6) is 0 Å². The van der Waals surface area contributed by atoms with Crippen molar-refractivity contribution in [3.05, 3.63) is 47.7 Å². The lowest BCUT2D eigenvalue weighted by Crippen LogP contribution is -2.48. The number of aryl methyl sites for hydroxylation is 1. The number of likely N-dealkylation sites (tertiary alicyclic amines) is 1. The highest BCUT2D eigenvalue weighted by atomic mass is 16.4. The monoisotopic (exact) mass is 314 g/mol. The number of hydrogen-bond acceptors (Lipinski definition) is 5. The van der Waals surface area contributed by atoms with Gasteiger partial charge < -0.3 is 4.42 Å². The van der Waals surface area contributed by atoms with Crippen LogP contribution in [0.2, 0.25) is 0 Å². The highest BCUT2D eigenvalue weighted by molar-refractivity contribution is 5.14. The molecule has 0 unspecified atom stereocenters. The van der Waals surface area contributed by atoms with Crippen molar-refractivity contribution in [2.24, 2.45) is 5.92 Å². The fourth-order valence-corrected chi connectivity index (χ4v) is 3.59. The lowest BCUT2D eigenvalue weighted by atomic mass is 9.92. The predicted molar refractivity (Wildman–Crippen MR) is 89.8 cm³/mol. The highest BCUT2D eigenvalue weighted by Crippen LogP contribution is 2.23. The maximum atomic E-state index is 5.51. The van der Waals surface area contributed by atoms with E-state index in [-0.39, 0.29) is 0 Å². The van der Waals surface area contributed by atoms with Gasteiger partial charge in [0.05, 0.1) is 6.54 Å². The molecule has 0 bridgehead atoms. The van der Waals surface area contributed by atoms with Crippen molar-refractivity contribution in [1.29, 1.82) is 0 Å². The molecule has 1 aromatic carbocycles. The Bertz CT molecular complexity index is 612. The molecule has 1 fully saturated rings. The van der Waals surface area contributed by atoms with Crippen molar-refractivity contribution in [2.45, 2.75) is 39.4 Å². The summed E-state index contributed by atoms with van der Waals surface area (Å²) < 4.78 is 5.51. The van der Waals surface area contributed by atoms with E-state index in [4.69, 9.17) is 4.42 Å². The van der Waals surface area contributed by atoms with Crippen LogP contribution in [0.1, 0.15) is 30.7 Å². The molecule has 5 nitrogen and oxygen atoms in total. The zero-order chi connectivity index (χ0) is 16.2. The maximum Gasteiger partial charge on any atom is 0.230 e. The Morgan fingerprint density at radius 1 is 1.26 bits per heavy atom. The first-order valence-corrected chi connectivity index (χ1v) is 8.37. The summed E-state index contributed by atoms with van der Waals surface area (Å²) in [7, 11) is 2.16. The van der Waals surface area contributed by atoms with Gasteiger partial charge in [0, 0.05) is 26.1 Å². The van der Waals surface area contributed by atoms with E-state index in [1.54, 1.807) is 0 Å². The molecule has 124 valence electrons. The van der Waals surface area contributed by atoms with Crippen LogP contribution in [0.25, 0.3) is 0 Å². The van der Waals surface area contributed by atoms with Gasteiger partial charge in [-0.25, -0.2) is 0 Å². The molecule has 3 rings (SSSR count). The van der Waals surface area contributed by atoms with Gasteiger partial charge in [-0.1, -0.05) is 37.3 Å². The summed E-state index contributed by atoms with van der Waals surface area (Å²) in [6.45, 7) is 8.22. The van der Waals surface area contributed by atoms with E-state index in [1.165, 1.54) is 12.0 Å². The van der Waals surface area contributed by atoms with E-state index < -0.39 is 0 Å². The maximum absolute atomic E-state index is 5.51. The molecule has 23 heavy (non-hydrogen) atoms. The number of rotatable bonds is 5. The second kappa shape index (κ2) is 7.23. The topological polar surface area (TPSA) is 45.4 Å². The average molecular weight is 314 g/mol. The first-order valence-electron chi connectivity index (χ1n) is 8.37. The molecule has 1 aromatic heterocycles. The van der Waals surface area contributed by atoms with E-state index >= 15 is 0 Å². The third-order valence-electron chi connectivity index (χ3n) is 4.71. The van der Waals surface area contributed by atoms with Gasteiger partial charge in [0.1, 0.15) is 0 Å². The molecule has 0 amide bonds. The first kappa shape index (κ1) is 16.1. The molecule has 5 heteroatoms. The quantitative estimate of drug-likeness (QED) is 0.849. The third kappa shape index (κ3) is 4.18. The minimum atomic E-state index is 0.564. The second-order valence-electron chi connectivity index (χ2n) is 6.68. The predicted octanol–water partition coefficient (Wildman–Crippen LogP) is 2.72. The number of hydrogen-bond donors (Lipinski definition) is 0. The molecule has 2 atom stereocenters. The number of piperidine rings is 1. The minimum absolute atomic E-state index is 0.564.